The molecule has 1 aromatic heterocycles. The van der Waals surface area contributed by atoms with E-state index in [1.54, 1.807) is 18.2 Å². The molecule has 0 spiro atoms. The Bertz CT molecular complexity index is 939. The molecule has 0 aliphatic rings. The zero-order valence-electron chi connectivity index (χ0n) is 11.2. The summed E-state index contributed by atoms with van der Waals surface area (Å²) in [6.45, 7) is 0. The van der Waals surface area contributed by atoms with Crippen molar-refractivity contribution in [2.24, 2.45) is 0 Å². The van der Waals surface area contributed by atoms with Crippen LogP contribution in [0, 0.1) is 10.1 Å². The summed E-state index contributed by atoms with van der Waals surface area (Å²) in [5.74, 6) is -0.753. The van der Waals surface area contributed by atoms with Crippen molar-refractivity contribution in [3.8, 4) is 0 Å². The number of rotatable bonds is 3. The highest BCUT2D eigenvalue weighted by Crippen LogP contribution is 2.25. The molecule has 0 aliphatic carbocycles. The SMILES string of the molecule is O=C(Nc1nc2cc(Cl)ccc2o1)c1cc(Cl)ccc1[N+](=O)[O-]. The van der Waals surface area contributed by atoms with Crippen molar-refractivity contribution >= 4 is 51.9 Å². The molecule has 1 heterocycles. The van der Waals surface area contributed by atoms with E-state index in [2.05, 4.69) is 10.3 Å². The number of aromatic nitrogens is 1. The lowest BCUT2D eigenvalue weighted by molar-refractivity contribution is -0.385. The van der Waals surface area contributed by atoms with Gasteiger partial charge in [-0.3, -0.25) is 20.2 Å². The minimum atomic E-state index is -0.753. The van der Waals surface area contributed by atoms with Crippen LogP contribution in [0.5, 0.6) is 0 Å². The fourth-order valence-corrected chi connectivity index (χ4v) is 2.31. The normalized spacial score (nSPS) is 10.7. The average Bonchev–Trinajstić information content (AvgIpc) is 2.88. The highest BCUT2D eigenvalue weighted by atomic mass is 35.5. The molecule has 9 heteroatoms. The van der Waals surface area contributed by atoms with E-state index in [4.69, 9.17) is 27.6 Å². The fraction of sp³-hybridized carbons (Fsp3) is 0. The fourth-order valence-electron chi connectivity index (χ4n) is 1.97. The maximum Gasteiger partial charge on any atom is 0.302 e. The number of amides is 1. The molecule has 23 heavy (non-hydrogen) atoms. The smallest absolute Gasteiger partial charge is 0.302 e. The second-order valence-corrected chi connectivity index (χ2v) is 5.38. The second kappa shape index (κ2) is 5.86. The van der Waals surface area contributed by atoms with E-state index in [-0.39, 0.29) is 22.3 Å². The van der Waals surface area contributed by atoms with Gasteiger partial charge in [0.2, 0.25) is 0 Å². The highest BCUT2D eigenvalue weighted by molar-refractivity contribution is 6.31. The van der Waals surface area contributed by atoms with Gasteiger partial charge in [0.15, 0.2) is 5.58 Å². The lowest BCUT2D eigenvalue weighted by Crippen LogP contribution is -2.14. The minimum Gasteiger partial charge on any atom is -0.423 e. The number of nitro groups is 1. The number of benzene rings is 2. The molecule has 2 aromatic carbocycles. The monoisotopic (exact) mass is 351 g/mol. The largest absolute Gasteiger partial charge is 0.423 e. The lowest BCUT2D eigenvalue weighted by atomic mass is 10.1. The first-order valence-electron chi connectivity index (χ1n) is 6.25. The van der Waals surface area contributed by atoms with Gasteiger partial charge in [-0.15, -0.1) is 0 Å². The number of fused-ring (bicyclic) bond motifs is 1. The van der Waals surface area contributed by atoms with E-state index in [1.165, 1.54) is 12.1 Å². The van der Waals surface area contributed by atoms with Crippen LogP contribution >= 0.6 is 23.2 Å². The summed E-state index contributed by atoms with van der Waals surface area (Å²) in [5.41, 5.74) is 0.313. The van der Waals surface area contributed by atoms with Crippen LogP contribution in [-0.2, 0) is 0 Å². The Labute approximate surface area is 139 Å². The van der Waals surface area contributed by atoms with E-state index >= 15 is 0 Å². The number of oxazole rings is 1. The van der Waals surface area contributed by atoms with Crippen LogP contribution in [0.25, 0.3) is 11.1 Å². The molecule has 0 atom stereocenters. The molecular formula is C14H7Cl2N3O4. The maximum atomic E-state index is 12.2. The zero-order chi connectivity index (χ0) is 16.6. The summed E-state index contributed by atoms with van der Waals surface area (Å²) in [5, 5.41) is 14.0. The van der Waals surface area contributed by atoms with E-state index < -0.39 is 10.8 Å². The van der Waals surface area contributed by atoms with Crippen molar-refractivity contribution < 1.29 is 14.1 Å². The minimum absolute atomic E-state index is 0.0958. The van der Waals surface area contributed by atoms with E-state index in [1.807, 2.05) is 0 Å². The van der Waals surface area contributed by atoms with Crippen molar-refractivity contribution in [2.45, 2.75) is 0 Å². The topological polar surface area (TPSA) is 98.3 Å². The summed E-state index contributed by atoms with van der Waals surface area (Å²) >= 11 is 11.6. The van der Waals surface area contributed by atoms with Gasteiger partial charge in [0.1, 0.15) is 11.1 Å². The average molecular weight is 352 g/mol. The molecule has 0 bridgehead atoms. The molecule has 116 valence electrons. The van der Waals surface area contributed by atoms with Gasteiger partial charge in [0, 0.05) is 16.1 Å². The molecule has 7 nitrogen and oxygen atoms in total. The van der Waals surface area contributed by atoms with Gasteiger partial charge in [-0.2, -0.15) is 4.98 Å². The number of hydrogen-bond acceptors (Lipinski definition) is 5. The van der Waals surface area contributed by atoms with Crippen LogP contribution in [-0.4, -0.2) is 15.8 Å². The lowest BCUT2D eigenvalue weighted by Gasteiger charge is -2.02. The maximum absolute atomic E-state index is 12.2. The van der Waals surface area contributed by atoms with E-state index in [9.17, 15) is 14.9 Å². The Hall–Kier alpha value is -2.64. The van der Waals surface area contributed by atoms with Gasteiger partial charge >= 0.3 is 6.01 Å². The quantitative estimate of drug-likeness (QED) is 0.560. The van der Waals surface area contributed by atoms with Crippen molar-refractivity contribution in [1.29, 1.82) is 0 Å². The summed E-state index contributed by atoms with van der Waals surface area (Å²) in [6, 6.07) is 8.37. The van der Waals surface area contributed by atoms with Gasteiger partial charge in [0.05, 0.1) is 4.92 Å². The van der Waals surface area contributed by atoms with Gasteiger partial charge in [0.25, 0.3) is 11.6 Å². The molecule has 1 amide bonds. The summed E-state index contributed by atoms with van der Waals surface area (Å²) in [6.07, 6.45) is 0. The third-order valence-electron chi connectivity index (χ3n) is 2.97. The Kier molecular flexibility index (Phi) is 3.89. The first-order chi connectivity index (χ1) is 10.9. The molecule has 0 radical (unpaired) electrons. The number of carbonyl (C=O) groups excluding carboxylic acids is 1. The predicted molar refractivity (Wildman–Crippen MR) is 85.1 cm³/mol. The Morgan fingerprint density at radius 1 is 1.17 bits per heavy atom. The molecule has 0 saturated carbocycles. The number of nitrogens with one attached hydrogen (secondary N) is 1. The first kappa shape index (κ1) is 15.3. The molecule has 3 rings (SSSR count). The van der Waals surface area contributed by atoms with Crippen molar-refractivity contribution in [1.82, 2.24) is 4.98 Å². The summed E-state index contributed by atoms with van der Waals surface area (Å²) in [4.78, 5) is 26.6. The Balaban J connectivity index is 1.94. The van der Waals surface area contributed by atoms with Gasteiger partial charge in [-0.25, -0.2) is 0 Å². The van der Waals surface area contributed by atoms with Gasteiger partial charge in [-0.1, -0.05) is 23.2 Å². The number of halogens is 2. The standard InChI is InChI=1S/C14H7Cl2N3O4/c15-7-1-3-11(19(21)22)9(5-7)13(20)18-14-17-10-6-8(16)2-4-12(10)23-14/h1-6H,(H,17,18,20). The number of nitro benzene ring substituents is 1. The molecule has 0 aliphatic heterocycles. The van der Waals surface area contributed by atoms with Crippen molar-refractivity contribution in [3.63, 3.8) is 0 Å². The number of anilines is 1. The molecular weight excluding hydrogens is 345 g/mol. The molecule has 3 aromatic rings. The molecule has 0 unspecified atom stereocenters. The highest BCUT2D eigenvalue weighted by Gasteiger charge is 2.22. The number of hydrogen-bond donors (Lipinski definition) is 1. The van der Waals surface area contributed by atoms with E-state index in [0.717, 1.165) is 6.07 Å². The van der Waals surface area contributed by atoms with Gasteiger partial charge in [-0.05, 0) is 30.3 Å². The van der Waals surface area contributed by atoms with Crippen LogP contribution in [0.3, 0.4) is 0 Å². The van der Waals surface area contributed by atoms with E-state index in [0.29, 0.717) is 16.1 Å². The van der Waals surface area contributed by atoms with Crippen LogP contribution in [0.1, 0.15) is 10.4 Å². The van der Waals surface area contributed by atoms with Crippen molar-refractivity contribution in [2.75, 3.05) is 5.32 Å². The second-order valence-electron chi connectivity index (χ2n) is 4.50. The Morgan fingerprint density at radius 2 is 1.87 bits per heavy atom. The van der Waals surface area contributed by atoms with Crippen LogP contribution < -0.4 is 5.32 Å². The summed E-state index contributed by atoms with van der Waals surface area (Å²) in [7, 11) is 0. The van der Waals surface area contributed by atoms with Crippen molar-refractivity contribution in [3.05, 3.63) is 62.1 Å². The Morgan fingerprint density at radius 3 is 2.61 bits per heavy atom. The predicted octanol–water partition coefficient (Wildman–Crippen LogP) is 4.30. The third kappa shape index (κ3) is 3.10. The molecule has 1 N–H and O–H groups in total. The summed E-state index contributed by atoms with van der Waals surface area (Å²) < 4.78 is 5.34. The zero-order valence-corrected chi connectivity index (χ0v) is 12.8. The molecule has 0 fully saturated rings. The first-order valence-corrected chi connectivity index (χ1v) is 7.01. The number of carbonyl (C=O) groups is 1. The number of nitrogens with zero attached hydrogens (tertiary/aromatic N) is 2. The third-order valence-corrected chi connectivity index (χ3v) is 3.44. The van der Waals surface area contributed by atoms with Crippen LogP contribution in [0.4, 0.5) is 11.7 Å². The van der Waals surface area contributed by atoms with Crippen LogP contribution in [0.2, 0.25) is 10.0 Å². The van der Waals surface area contributed by atoms with Crippen LogP contribution in [0.15, 0.2) is 40.8 Å². The van der Waals surface area contributed by atoms with Gasteiger partial charge < -0.3 is 4.42 Å². The molecule has 0 saturated heterocycles.